The highest BCUT2D eigenvalue weighted by molar-refractivity contribution is 7.78. The molecule has 0 unspecified atom stereocenters. The topological polar surface area (TPSA) is 65.1 Å². The monoisotopic (exact) mass is 439 g/mol. The first kappa shape index (κ1) is 22.4. The van der Waals surface area contributed by atoms with Crippen molar-refractivity contribution in [3.8, 4) is 17.2 Å². The Labute approximate surface area is 182 Å². The molecule has 31 heavy (non-hydrogen) atoms. The lowest BCUT2D eigenvalue weighted by molar-refractivity contribution is 0.0813. The van der Waals surface area contributed by atoms with Gasteiger partial charge in [0.2, 0.25) is 5.75 Å². The van der Waals surface area contributed by atoms with Crippen LogP contribution in [0.25, 0.3) is 0 Å². The summed E-state index contributed by atoms with van der Waals surface area (Å²) in [7, 11) is 3.00. The summed E-state index contributed by atoms with van der Waals surface area (Å²) in [6, 6.07) is 21.8. The summed E-state index contributed by atoms with van der Waals surface area (Å²) in [6.45, 7) is 0. The van der Waals surface area contributed by atoms with E-state index in [1.165, 1.54) is 26.2 Å². The van der Waals surface area contributed by atoms with E-state index < -0.39 is 7.14 Å². The van der Waals surface area contributed by atoms with Crippen LogP contribution in [-0.2, 0) is 4.57 Å². The number of hydrogen-bond donors (Lipinski definition) is 0. The number of nitrogens with zero attached hydrogens (tertiary/aromatic N) is 1. The van der Waals surface area contributed by atoms with Crippen molar-refractivity contribution in [1.29, 1.82) is 0 Å². The third-order valence-electron chi connectivity index (χ3n) is 5.04. The van der Waals surface area contributed by atoms with Crippen LogP contribution in [0.2, 0.25) is 0 Å². The van der Waals surface area contributed by atoms with Gasteiger partial charge in [-0.2, -0.15) is 0 Å². The summed E-state index contributed by atoms with van der Waals surface area (Å²) in [5, 5.41) is 1.39. The summed E-state index contributed by atoms with van der Waals surface area (Å²) < 4.78 is 30.4. The quantitative estimate of drug-likeness (QED) is 0.500. The predicted octanol–water partition coefficient (Wildman–Crippen LogP) is 3.76. The van der Waals surface area contributed by atoms with E-state index in [1.807, 2.05) is 60.7 Å². The second kappa shape index (κ2) is 9.71. The third kappa shape index (κ3) is 4.44. The third-order valence-corrected chi connectivity index (χ3v) is 8.13. The van der Waals surface area contributed by atoms with Gasteiger partial charge in [0, 0.05) is 17.7 Å². The molecule has 0 fully saturated rings. The maximum Gasteiger partial charge on any atom is 0.257 e. The fraction of sp³-hybridized carbons (Fsp3) is 0.208. The zero-order chi connectivity index (χ0) is 22.4. The van der Waals surface area contributed by atoms with Crippen LogP contribution in [0.15, 0.2) is 72.8 Å². The molecule has 3 aromatic carbocycles. The van der Waals surface area contributed by atoms with Gasteiger partial charge in [0.05, 0.1) is 33.2 Å². The maximum atomic E-state index is 14.3. The van der Waals surface area contributed by atoms with Crippen LogP contribution in [0.4, 0.5) is 0 Å². The number of rotatable bonds is 8. The minimum absolute atomic E-state index is 0.0390. The Morgan fingerprint density at radius 2 is 1.29 bits per heavy atom. The zero-order valence-electron chi connectivity index (χ0n) is 18.1. The molecule has 0 saturated heterocycles. The smallest absolute Gasteiger partial charge is 0.257 e. The molecule has 0 atom stereocenters. The van der Waals surface area contributed by atoms with E-state index >= 15 is 0 Å². The first-order valence-electron chi connectivity index (χ1n) is 9.71. The van der Waals surface area contributed by atoms with Crippen LogP contribution in [0, 0.1) is 0 Å². The van der Waals surface area contributed by atoms with E-state index in [0.717, 1.165) is 0 Å². The molecule has 0 bridgehead atoms. The fourth-order valence-corrected chi connectivity index (χ4v) is 6.15. The highest BCUT2D eigenvalue weighted by Crippen LogP contribution is 2.45. The molecule has 0 aliphatic rings. The van der Waals surface area contributed by atoms with Crippen molar-refractivity contribution in [1.82, 2.24) is 4.90 Å². The van der Waals surface area contributed by atoms with Gasteiger partial charge in [-0.05, 0) is 12.1 Å². The lowest BCUT2D eigenvalue weighted by Gasteiger charge is -2.26. The van der Waals surface area contributed by atoms with E-state index in [2.05, 4.69) is 0 Å². The zero-order valence-corrected chi connectivity index (χ0v) is 19.0. The number of amides is 1. The van der Waals surface area contributed by atoms with Gasteiger partial charge in [-0.3, -0.25) is 4.79 Å². The summed E-state index contributed by atoms with van der Waals surface area (Å²) in [6.07, 6.45) is 0.0390. The molecule has 0 spiro atoms. The molecule has 1 amide bonds. The minimum atomic E-state index is -3.10. The summed E-state index contributed by atoms with van der Waals surface area (Å²) in [5.74, 6) is 0.731. The largest absolute Gasteiger partial charge is 0.493 e. The van der Waals surface area contributed by atoms with Gasteiger partial charge in [0.15, 0.2) is 18.6 Å². The molecular weight excluding hydrogens is 413 g/mol. The number of carbonyl (C=O) groups excluding carboxylic acids is 1. The molecular formula is C24H26NO5P. The second-order valence-electron chi connectivity index (χ2n) is 6.94. The van der Waals surface area contributed by atoms with Crippen molar-refractivity contribution >= 4 is 23.7 Å². The molecule has 3 aromatic rings. The van der Waals surface area contributed by atoms with Gasteiger partial charge in [-0.25, -0.2) is 0 Å². The van der Waals surface area contributed by atoms with Crippen LogP contribution in [0.1, 0.15) is 10.4 Å². The Balaban J connectivity index is 2.01. The van der Waals surface area contributed by atoms with Gasteiger partial charge in [0.25, 0.3) is 5.91 Å². The average molecular weight is 439 g/mol. The van der Waals surface area contributed by atoms with E-state index in [9.17, 15) is 9.36 Å². The van der Waals surface area contributed by atoms with Crippen molar-refractivity contribution in [2.45, 2.75) is 0 Å². The van der Waals surface area contributed by atoms with Crippen molar-refractivity contribution in [3.05, 3.63) is 78.4 Å². The number of benzene rings is 3. The highest BCUT2D eigenvalue weighted by Gasteiger charge is 2.32. The van der Waals surface area contributed by atoms with Crippen LogP contribution < -0.4 is 24.8 Å². The molecule has 162 valence electrons. The fourth-order valence-electron chi connectivity index (χ4n) is 3.49. The Bertz CT molecular complexity index is 1040. The van der Waals surface area contributed by atoms with E-state index in [1.54, 1.807) is 19.2 Å². The van der Waals surface area contributed by atoms with Gasteiger partial charge in [-0.1, -0.05) is 60.7 Å². The van der Waals surface area contributed by atoms with Gasteiger partial charge >= 0.3 is 0 Å². The number of methoxy groups -OCH3 is 3. The Morgan fingerprint density at radius 3 is 1.74 bits per heavy atom. The number of hydrogen-bond acceptors (Lipinski definition) is 5. The molecule has 3 rings (SSSR count). The Hall–Kier alpha value is -3.24. The summed E-state index contributed by atoms with van der Waals surface area (Å²) in [4.78, 5) is 14.8. The van der Waals surface area contributed by atoms with Crippen molar-refractivity contribution in [2.24, 2.45) is 0 Å². The van der Waals surface area contributed by atoms with Crippen LogP contribution >= 0.6 is 7.14 Å². The maximum absolute atomic E-state index is 14.3. The number of carbonyl (C=O) groups is 1. The molecule has 0 aliphatic heterocycles. The van der Waals surface area contributed by atoms with E-state index in [4.69, 9.17) is 14.2 Å². The van der Waals surface area contributed by atoms with Crippen molar-refractivity contribution < 1.29 is 23.6 Å². The normalized spacial score (nSPS) is 11.0. The molecule has 0 saturated carbocycles. The molecule has 0 aliphatic carbocycles. The first-order chi connectivity index (χ1) is 15.0. The molecule has 0 N–H and O–H groups in total. The first-order valence-corrected chi connectivity index (χ1v) is 11.6. The highest BCUT2D eigenvalue weighted by atomic mass is 31.2. The number of ether oxygens (including phenoxy) is 3. The molecule has 0 heterocycles. The van der Waals surface area contributed by atoms with Crippen molar-refractivity contribution in [2.75, 3.05) is 34.7 Å². The molecule has 0 aromatic heterocycles. The van der Waals surface area contributed by atoms with Gasteiger partial charge < -0.3 is 23.7 Å². The molecule has 7 heteroatoms. The predicted molar refractivity (Wildman–Crippen MR) is 123 cm³/mol. The summed E-state index contributed by atoms with van der Waals surface area (Å²) >= 11 is 0. The SMILES string of the molecule is COc1ccc(C(=O)N(C)CP(=O)(c2ccccc2)c2ccccc2)c(OC)c1OC. The lowest BCUT2D eigenvalue weighted by atomic mass is 10.1. The minimum Gasteiger partial charge on any atom is -0.493 e. The van der Waals surface area contributed by atoms with Crippen LogP contribution in [0.5, 0.6) is 17.2 Å². The standard InChI is InChI=1S/C24H26NO5P/c1-25(24(26)20-15-16-21(28-2)23(30-4)22(20)29-3)17-31(27,18-11-7-5-8-12-18)19-13-9-6-10-14-19/h5-16H,17H2,1-4H3. The van der Waals surface area contributed by atoms with Gasteiger partial charge in [0.1, 0.15) is 0 Å². The summed E-state index contributed by atoms with van der Waals surface area (Å²) in [5.41, 5.74) is 0.301. The molecule has 6 nitrogen and oxygen atoms in total. The van der Waals surface area contributed by atoms with Gasteiger partial charge in [-0.15, -0.1) is 0 Å². The van der Waals surface area contributed by atoms with E-state index in [0.29, 0.717) is 27.7 Å². The van der Waals surface area contributed by atoms with Crippen LogP contribution in [-0.4, -0.2) is 45.5 Å². The Morgan fingerprint density at radius 1 is 0.774 bits per heavy atom. The average Bonchev–Trinajstić information content (AvgIpc) is 2.83. The Kier molecular flexibility index (Phi) is 7.03. The lowest BCUT2D eigenvalue weighted by Crippen LogP contribution is -2.33. The van der Waals surface area contributed by atoms with Crippen molar-refractivity contribution in [3.63, 3.8) is 0 Å². The second-order valence-corrected chi connectivity index (χ2v) is 9.73. The van der Waals surface area contributed by atoms with Crippen LogP contribution in [0.3, 0.4) is 0 Å². The van der Waals surface area contributed by atoms with E-state index in [-0.39, 0.29) is 17.9 Å². The molecule has 0 radical (unpaired) electrons.